The molecule has 0 saturated carbocycles. The van der Waals surface area contributed by atoms with Gasteiger partial charge in [0.1, 0.15) is 5.84 Å². The molecule has 0 unspecified atom stereocenters. The number of hydrogen-bond donors (Lipinski definition) is 1. The molecule has 0 bridgehead atoms. The van der Waals surface area contributed by atoms with Crippen molar-refractivity contribution in [2.75, 3.05) is 25.0 Å². The van der Waals surface area contributed by atoms with Crippen LogP contribution in [0.5, 0.6) is 0 Å². The van der Waals surface area contributed by atoms with E-state index in [1.807, 2.05) is 42.2 Å². The molecule has 7 heteroatoms. The molecule has 1 aromatic carbocycles. The van der Waals surface area contributed by atoms with Crippen molar-refractivity contribution in [2.45, 2.75) is 6.92 Å². The highest BCUT2D eigenvalue weighted by molar-refractivity contribution is 6.43. The molecular formula is C17H17Cl2N5. The lowest BCUT2D eigenvalue weighted by atomic mass is 10.3. The van der Waals surface area contributed by atoms with E-state index in [0.29, 0.717) is 22.4 Å². The second-order valence-corrected chi connectivity index (χ2v) is 6.11. The average molecular weight is 362 g/mol. The van der Waals surface area contributed by atoms with E-state index in [-0.39, 0.29) is 0 Å². The van der Waals surface area contributed by atoms with Gasteiger partial charge in [-0.1, -0.05) is 35.3 Å². The highest BCUT2D eigenvalue weighted by atomic mass is 35.5. The summed E-state index contributed by atoms with van der Waals surface area (Å²) in [5.41, 5.74) is 1.73. The van der Waals surface area contributed by atoms with Crippen LogP contribution in [0.4, 0.5) is 11.5 Å². The third kappa shape index (κ3) is 4.04. The minimum absolute atomic E-state index is 0.516. The minimum Gasteiger partial charge on any atom is -0.377 e. The number of aliphatic imine (C=N–C) groups is 2. The molecule has 24 heavy (non-hydrogen) atoms. The Kier molecular flexibility index (Phi) is 5.33. The number of pyridine rings is 1. The van der Waals surface area contributed by atoms with E-state index >= 15 is 0 Å². The van der Waals surface area contributed by atoms with E-state index in [2.05, 4.69) is 20.3 Å². The number of anilines is 1. The zero-order valence-electron chi connectivity index (χ0n) is 13.2. The van der Waals surface area contributed by atoms with Crippen molar-refractivity contribution >= 4 is 46.9 Å². The van der Waals surface area contributed by atoms with Gasteiger partial charge in [-0.05, 0) is 31.2 Å². The number of amidine groups is 1. The van der Waals surface area contributed by atoms with E-state index in [9.17, 15) is 0 Å². The van der Waals surface area contributed by atoms with Gasteiger partial charge in [0.25, 0.3) is 0 Å². The van der Waals surface area contributed by atoms with Crippen LogP contribution in [0.3, 0.4) is 0 Å². The Labute approximate surface area is 151 Å². The number of nitrogens with zero attached hydrogens (tertiary/aromatic N) is 4. The van der Waals surface area contributed by atoms with Crippen LogP contribution < -0.4 is 5.32 Å². The van der Waals surface area contributed by atoms with Crippen molar-refractivity contribution in [2.24, 2.45) is 9.98 Å². The molecule has 0 radical (unpaired) electrons. The predicted molar refractivity (Wildman–Crippen MR) is 101 cm³/mol. The van der Waals surface area contributed by atoms with Gasteiger partial charge in [-0.15, -0.1) is 0 Å². The summed E-state index contributed by atoms with van der Waals surface area (Å²) in [6.07, 6.45) is 1.77. The number of aryl methyl sites for hydroxylation is 1. The van der Waals surface area contributed by atoms with Gasteiger partial charge in [-0.25, -0.2) is 9.98 Å². The lowest BCUT2D eigenvalue weighted by molar-refractivity contribution is 0.677. The molecule has 1 N–H and O–H groups in total. The number of halogens is 2. The molecule has 0 saturated heterocycles. The molecule has 1 aliphatic rings. The fraction of sp³-hybridized carbons (Fsp3) is 0.235. The Morgan fingerprint density at radius 1 is 1.25 bits per heavy atom. The second-order valence-electron chi connectivity index (χ2n) is 5.33. The molecular weight excluding hydrogens is 345 g/mol. The first-order chi connectivity index (χ1) is 11.6. The Balaban J connectivity index is 1.64. The highest BCUT2D eigenvalue weighted by Gasteiger charge is 2.15. The maximum atomic E-state index is 6.19. The number of benzene rings is 1. The van der Waals surface area contributed by atoms with Gasteiger partial charge < -0.3 is 10.2 Å². The first-order valence-corrected chi connectivity index (χ1v) is 8.35. The van der Waals surface area contributed by atoms with Crippen molar-refractivity contribution in [1.29, 1.82) is 0 Å². The maximum absolute atomic E-state index is 6.19. The van der Waals surface area contributed by atoms with Crippen molar-refractivity contribution in [1.82, 2.24) is 9.88 Å². The monoisotopic (exact) mass is 361 g/mol. The van der Waals surface area contributed by atoms with Gasteiger partial charge in [0.05, 0.1) is 35.2 Å². The van der Waals surface area contributed by atoms with Crippen molar-refractivity contribution in [3.8, 4) is 0 Å². The molecule has 5 nitrogen and oxygen atoms in total. The van der Waals surface area contributed by atoms with E-state index in [4.69, 9.17) is 23.2 Å². The summed E-state index contributed by atoms with van der Waals surface area (Å²) in [7, 11) is 0. The Morgan fingerprint density at radius 3 is 2.92 bits per heavy atom. The second kappa shape index (κ2) is 7.64. The van der Waals surface area contributed by atoms with Gasteiger partial charge in [0, 0.05) is 12.2 Å². The summed E-state index contributed by atoms with van der Waals surface area (Å²) in [5.74, 6) is 1.59. The van der Waals surface area contributed by atoms with Crippen molar-refractivity contribution in [3.63, 3.8) is 0 Å². The average Bonchev–Trinajstić information content (AvgIpc) is 3.02. The van der Waals surface area contributed by atoms with Crippen molar-refractivity contribution < 1.29 is 0 Å². The number of rotatable bonds is 5. The number of hydrogen-bond acceptors (Lipinski definition) is 4. The van der Waals surface area contributed by atoms with Crippen LogP contribution in [0.2, 0.25) is 10.0 Å². The predicted octanol–water partition coefficient (Wildman–Crippen LogP) is 4.18. The van der Waals surface area contributed by atoms with Gasteiger partial charge >= 0.3 is 0 Å². The van der Waals surface area contributed by atoms with Gasteiger partial charge in [0.2, 0.25) is 0 Å². The van der Waals surface area contributed by atoms with Crippen LogP contribution in [-0.2, 0) is 0 Å². The molecule has 1 aliphatic heterocycles. The van der Waals surface area contributed by atoms with Gasteiger partial charge in [-0.3, -0.25) is 4.99 Å². The van der Waals surface area contributed by atoms with Crippen LogP contribution in [0.15, 0.2) is 46.4 Å². The largest absolute Gasteiger partial charge is 0.377 e. The first-order valence-electron chi connectivity index (χ1n) is 7.59. The molecule has 0 amide bonds. The highest BCUT2D eigenvalue weighted by Crippen LogP contribution is 2.29. The van der Waals surface area contributed by atoms with Crippen LogP contribution in [0.1, 0.15) is 5.69 Å². The Hall–Kier alpha value is -2.11. The third-order valence-electron chi connectivity index (χ3n) is 3.56. The first kappa shape index (κ1) is 16.7. The van der Waals surface area contributed by atoms with Crippen LogP contribution in [-0.4, -0.2) is 41.7 Å². The van der Waals surface area contributed by atoms with Gasteiger partial charge in [0.15, 0.2) is 5.82 Å². The minimum atomic E-state index is 0.516. The molecule has 0 spiro atoms. The fourth-order valence-corrected chi connectivity index (χ4v) is 2.70. The summed E-state index contributed by atoms with van der Waals surface area (Å²) in [5, 5.41) is 4.31. The summed E-state index contributed by atoms with van der Waals surface area (Å²) >= 11 is 12.2. The SMILES string of the molecule is Cc1cccc(/N=C\N2CCN=C2CNc2cccc(Cl)c2Cl)n1. The third-order valence-corrected chi connectivity index (χ3v) is 4.38. The lowest BCUT2D eigenvalue weighted by Gasteiger charge is -2.16. The Bertz CT molecular complexity index is 788. The number of aromatic nitrogens is 1. The normalized spacial score (nSPS) is 14.3. The molecule has 3 rings (SSSR count). The van der Waals surface area contributed by atoms with Crippen LogP contribution in [0.25, 0.3) is 0 Å². The molecule has 0 atom stereocenters. The summed E-state index contributed by atoms with van der Waals surface area (Å²) in [6.45, 7) is 4.04. The van der Waals surface area contributed by atoms with E-state index < -0.39 is 0 Å². The molecule has 124 valence electrons. The van der Waals surface area contributed by atoms with E-state index in [0.717, 1.165) is 30.3 Å². The molecule has 2 heterocycles. The zero-order valence-corrected chi connectivity index (χ0v) is 14.7. The molecule has 1 aromatic heterocycles. The number of nitrogens with one attached hydrogen (secondary N) is 1. The van der Waals surface area contributed by atoms with Crippen LogP contribution >= 0.6 is 23.2 Å². The van der Waals surface area contributed by atoms with Crippen LogP contribution in [0, 0.1) is 6.92 Å². The van der Waals surface area contributed by atoms with E-state index in [1.54, 1.807) is 12.4 Å². The summed E-state index contributed by atoms with van der Waals surface area (Å²) in [4.78, 5) is 15.3. The fourth-order valence-electron chi connectivity index (χ4n) is 2.33. The quantitative estimate of drug-likeness (QED) is 0.641. The summed E-state index contributed by atoms with van der Waals surface area (Å²) < 4.78 is 0. The molecule has 0 aliphatic carbocycles. The zero-order chi connectivity index (χ0) is 16.9. The Morgan fingerprint density at radius 2 is 2.08 bits per heavy atom. The molecule has 0 fully saturated rings. The van der Waals surface area contributed by atoms with Gasteiger partial charge in [-0.2, -0.15) is 0 Å². The smallest absolute Gasteiger partial charge is 0.153 e. The summed E-state index contributed by atoms with van der Waals surface area (Å²) in [6, 6.07) is 11.3. The van der Waals surface area contributed by atoms with Crippen molar-refractivity contribution in [3.05, 3.63) is 52.1 Å². The maximum Gasteiger partial charge on any atom is 0.153 e. The standard InChI is InChI=1S/C17H17Cl2N5/c1-12-4-2-7-15(23-12)22-11-24-9-8-20-16(24)10-21-14-6-3-5-13(18)17(14)19/h2-7,11,21H,8-10H2,1H3/b22-11-. The lowest BCUT2D eigenvalue weighted by Crippen LogP contribution is -2.31. The molecule has 2 aromatic rings. The topological polar surface area (TPSA) is 52.9 Å². The van der Waals surface area contributed by atoms with E-state index in [1.165, 1.54) is 0 Å².